The normalized spacial score (nSPS) is 14.5. The van der Waals surface area contributed by atoms with Crippen molar-refractivity contribution in [3.05, 3.63) is 56.5 Å². The zero-order valence-electron chi connectivity index (χ0n) is 10.8. The quantitative estimate of drug-likeness (QED) is 0.520. The first-order valence-corrected chi connectivity index (χ1v) is 6.38. The number of hydrogen-bond donors (Lipinski definition) is 1. The Morgan fingerprint density at radius 1 is 1.41 bits per heavy atom. The van der Waals surface area contributed by atoms with Crippen molar-refractivity contribution >= 4 is 40.5 Å². The molecule has 0 spiro atoms. The van der Waals surface area contributed by atoms with Crippen LogP contribution in [0.15, 0.2) is 28.7 Å². The van der Waals surface area contributed by atoms with E-state index in [2.05, 4.69) is 5.32 Å². The fourth-order valence-corrected chi connectivity index (χ4v) is 2.35. The number of benzene rings is 1. The number of halogens is 1. The third-order valence-corrected chi connectivity index (χ3v) is 3.39. The number of nitro groups is 1. The second-order valence-corrected chi connectivity index (χ2v) is 4.84. The molecule has 1 aliphatic heterocycles. The highest BCUT2D eigenvalue weighted by Crippen LogP contribution is 2.39. The molecule has 0 aliphatic carbocycles. The van der Waals surface area contributed by atoms with Crippen LogP contribution in [0.2, 0.25) is 5.02 Å². The Labute approximate surface area is 128 Å². The molecule has 8 heteroatoms. The van der Waals surface area contributed by atoms with Crippen LogP contribution in [0.4, 0.5) is 11.4 Å². The predicted octanol–water partition coefficient (Wildman–Crippen LogP) is 3.21. The zero-order chi connectivity index (χ0) is 15.9. The summed E-state index contributed by atoms with van der Waals surface area (Å²) in [4.78, 5) is 22.3. The van der Waals surface area contributed by atoms with Gasteiger partial charge in [-0.25, -0.2) is 0 Å². The van der Waals surface area contributed by atoms with E-state index in [1.54, 1.807) is 0 Å². The number of furan rings is 1. The molecule has 108 valence electrons. The molecule has 0 unspecified atom stereocenters. The van der Waals surface area contributed by atoms with E-state index in [0.717, 1.165) is 0 Å². The van der Waals surface area contributed by atoms with Gasteiger partial charge in [0.15, 0.2) is 0 Å². The summed E-state index contributed by atoms with van der Waals surface area (Å²) in [7, 11) is 0. The van der Waals surface area contributed by atoms with Crippen LogP contribution < -0.4 is 5.32 Å². The number of nitrogens with one attached hydrogen (secondary N) is 1. The first kappa shape index (κ1) is 13.9. The average molecular weight is 316 g/mol. The number of carbonyl (C=O) groups is 1. The van der Waals surface area contributed by atoms with Crippen molar-refractivity contribution in [1.29, 1.82) is 5.26 Å². The number of hydrogen-bond acceptors (Lipinski definition) is 5. The number of amides is 1. The molecule has 0 bridgehead atoms. The fraction of sp³-hybridized carbons (Fsp3) is 0. The monoisotopic (exact) mass is 315 g/mol. The van der Waals surface area contributed by atoms with Crippen LogP contribution in [0.1, 0.15) is 17.1 Å². The minimum atomic E-state index is -0.621. The van der Waals surface area contributed by atoms with Gasteiger partial charge in [0.05, 0.1) is 16.2 Å². The molecule has 0 fully saturated rings. The van der Waals surface area contributed by atoms with Crippen LogP contribution in [0.5, 0.6) is 0 Å². The van der Waals surface area contributed by atoms with Gasteiger partial charge in [0.2, 0.25) is 5.76 Å². The smallest absolute Gasteiger partial charge is 0.288 e. The molecule has 1 N–H and O–H groups in total. The highest BCUT2D eigenvalue weighted by molar-refractivity contribution is 6.37. The number of nitrogens with zero attached hydrogens (tertiary/aromatic N) is 2. The average Bonchev–Trinajstić information content (AvgIpc) is 3.03. The van der Waals surface area contributed by atoms with E-state index >= 15 is 0 Å². The van der Waals surface area contributed by atoms with Crippen LogP contribution in [0.3, 0.4) is 0 Å². The summed E-state index contributed by atoms with van der Waals surface area (Å²) in [5.41, 5.74) is 0.656. The molecule has 7 nitrogen and oxygen atoms in total. The molecular formula is C14H6ClN3O4. The highest BCUT2D eigenvalue weighted by Gasteiger charge is 2.28. The summed E-state index contributed by atoms with van der Waals surface area (Å²) in [5.74, 6) is -0.0267. The lowest BCUT2D eigenvalue weighted by Crippen LogP contribution is -2.03. The standard InChI is InChI=1S/C14H6ClN3O4/c15-11-5-12-9(4-13(11)18(20)21)10(14(19)17-12)3-7-1-2-8(6-16)22-7/h1-5H,(H,17,19). The first-order chi connectivity index (χ1) is 10.5. The molecule has 2 aromatic rings. The summed E-state index contributed by atoms with van der Waals surface area (Å²) >= 11 is 5.81. The number of anilines is 1. The van der Waals surface area contributed by atoms with Crippen LogP contribution in [0.25, 0.3) is 11.6 Å². The highest BCUT2D eigenvalue weighted by atomic mass is 35.5. The van der Waals surface area contributed by atoms with Crippen molar-refractivity contribution in [3.63, 3.8) is 0 Å². The first-order valence-electron chi connectivity index (χ1n) is 6.01. The van der Waals surface area contributed by atoms with Crippen molar-refractivity contribution in [2.24, 2.45) is 0 Å². The van der Waals surface area contributed by atoms with Crippen LogP contribution >= 0.6 is 11.6 Å². The van der Waals surface area contributed by atoms with Gasteiger partial charge in [-0.2, -0.15) is 5.26 Å². The number of rotatable bonds is 2. The van der Waals surface area contributed by atoms with Gasteiger partial charge in [-0.3, -0.25) is 14.9 Å². The van der Waals surface area contributed by atoms with Crippen LogP contribution in [-0.4, -0.2) is 10.8 Å². The summed E-state index contributed by atoms with van der Waals surface area (Å²) < 4.78 is 5.18. The Bertz CT molecular complexity index is 892. The molecule has 0 saturated heterocycles. The molecule has 0 saturated carbocycles. The van der Waals surface area contributed by atoms with E-state index in [0.29, 0.717) is 17.0 Å². The zero-order valence-corrected chi connectivity index (χ0v) is 11.5. The predicted molar refractivity (Wildman–Crippen MR) is 78.0 cm³/mol. The van der Waals surface area contributed by atoms with Crippen LogP contribution in [0, 0.1) is 21.4 Å². The minimum Gasteiger partial charge on any atom is -0.446 e. The molecule has 22 heavy (non-hydrogen) atoms. The van der Waals surface area contributed by atoms with E-state index in [9.17, 15) is 14.9 Å². The van der Waals surface area contributed by atoms with Crippen molar-refractivity contribution in [1.82, 2.24) is 0 Å². The third kappa shape index (κ3) is 2.21. The minimum absolute atomic E-state index is 0.0601. The van der Waals surface area contributed by atoms with E-state index in [1.807, 2.05) is 6.07 Å². The lowest BCUT2D eigenvalue weighted by molar-refractivity contribution is -0.384. The Hall–Kier alpha value is -3.11. The summed E-state index contributed by atoms with van der Waals surface area (Å²) in [6.45, 7) is 0. The summed E-state index contributed by atoms with van der Waals surface area (Å²) in [6.07, 6.45) is 1.42. The molecule has 0 radical (unpaired) electrons. The van der Waals surface area contributed by atoms with Gasteiger partial charge < -0.3 is 9.73 Å². The number of fused-ring (bicyclic) bond motifs is 1. The molecule has 1 amide bonds. The van der Waals surface area contributed by atoms with Crippen molar-refractivity contribution in [2.75, 3.05) is 5.32 Å². The van der Waals surface area contributed by atoms with Crippen molar-refractivity contribution < 1.29 is 14.1 Å². The maximum absolute atomic E-state index is 12.0. The molecule has 1 aliphatic rings. The van der Waals surface area contributed by atoms with E-state index in [4.69, 9.17) is 21.3 Å². The Morgan fingerprint density at radius 2 is 2.18 bits per heavy atom. The van der Waals surface area contributed by atoms with Gasteiger partial charge in [0.1, 0.15) is 16.9 Å². The molecule has 2 heterocycles. The van der Waals surface area contributed by atoms with Crippen molar-refractivity contribution in [3.8, 4) is 6.07 Å². The molecule has 3 rings (SSSR count). The topological polar surface area (TPSA) is 109 Å². The van der Waals surface area contributed by atoms with Gasteiger partial charge in [0.25, 0.3) is 11.6 Å². The maximum atomic E-state index is 12.0. The summed E-state index contributed by atoms with van der Waals surface area (Å²) in [5, 5.41) is 22.2. The fourth-order valence-electron chi connectivity index (χ4n) is 2.12. The SMILES string of the molecule is N#Cc1ccc(C=C2C(=O)Nc3cc(Cl)c([N+](=O)[O-])cc32)o1. The van der Waals surface area contributed by atoms with Gasteiger partial charge in [-0.05, 0) is 24.3 Å². The second kappa shape index (κ2) is 5.02. The number of nitriles is 1. The van der Waals surface area contributed by atoms with Gasteiger partial charge in [-0.1, -0.05) is 11.6 Å². The van der Waals surface area contributed by atoms with Crippen LogP contribution in [-0.2, 0) is 4.79 Å². The lowest BCUT2D eigenvalue weighted by Gasteiger charge is -2.00. The molecule has 0 atom stereocenters. The summed E-state index contributed by atoms with van der Waals surface area (Å²) in [6, 6.07) is 7.38. The maximum Gasteiger partial charge on any atom is 0.288 e. The molecule has 1 aromatic heterocycles. The second-order valence-electron chi connectivity index (χ2n) is 4.43. The van der Waals surface area contributed by atoms with Gasteiger partial charge in [-0.15, -0.1) is 0 Å². The molecular weight excluding hydrogens is 310 g/mol. The van der Waals surface area contributed by atoms with E-state index in [-0.39, 0.29) is 22.0 Å². The van der Waals surface area contributed by atoms with E-state index in [1.165, 1.54) is 30.3 Å². The molecule has 1 aromatic carbocycles. The van der Waals surface area contributed by atoms with Gasteiger partial charge >= 0.3 is 0 Å². The number of nitro benzene ring substituents is 1. The lowest BCUT2D eigenvalue weighted by atomic mass is 10.1. The third-order valence-electron chi connectivity index (χ3n) is 3.09. The van der Waals surface area contributed by atoms with Crippen molar-refractivity contribution in [2.45, 2.75) is 0 Å². The number of carbonyl (C=O) groups excluding carboxylic acids is 1. The Morgan fingerprint density at radius 3 is 2.82 bits per heavy atom. The van der Waals surface area contributed by atoms with E-state index < -0.39 is 10.8 Å². The van der Waals surface area contributed by atoms with Gasteiger partial charge in [0, 0.05) is 11.6 Å². The Balaban J connectivity index is 2.13. The Kier molecular flexibility index (Phi) is 3.16. The largest absolute Gasteiger partial charge is 0.446 e.